The summed E-state index contributed by atoms with van der Waals surface area (Å²) in [6.45, 7) is 5.41. The van der Waals surface area contributed by atoms with E-state index >= 15 is 0 Å². The van der Waals surface area contributed by atoms with E-state index in [9.17, 15) is 4.79 Å². The van der Waals surface area contributed by atoms with Crippen molar-refractivity contribution in [3.05, 3.63) is 0 Å². The van der Waals surface area contributed by atoms with Gasteiger partial charge < -0.3 is 15.4 Å². The molecule has 1 unspecified atom stereocenters. The Morgan fingerprint density at radius 3 is 2.94 bits per heavy atom. The summed E-state index contributed by atoms with van der Waals surface area (Å²) in [5.74, 6) is 0.177. The number of carbonyl (C=O) groups excluding carboxylic acids is 1. The van der Waals surface area contributed by atoms with E-state index in [1.54, 1.807) is 0 Å². The van der Waals surface area contributed by atoms with E-state index in [-0.39, 0.29) is 18.3 Å². The summed E-state index contributed by atoms with van der Waals surface area (Å²) in [6.07, 6.45) is 5.00. The molecule has 0 aliphatic carbocycles. The van der Waals surface area contributed by atoms with Crippen LogP contribution in [0.2, 0.25) is 0 Å². The molecule has 0 aromatic rings. The minimum absolute atomic E-state index is 0. The zero-order valence-corrected chi connectivity index (χ0v) is 11.5. The van der Waals surface area contributed by atoms with Crippen LogP contribution in [0.1, 0.15) is 39.0 Å². The predicted molar refractivity (Wildman–Crippen MR) is 71.6 cm³/mol. The highest BCUT2D eigenvalue weighted by molar-refractivity contribution is 5.85. The van der Waals surface area contributed by atoms with E-state index in [1.165, 1.54) is 6.42 Å². The molecule has 4 nitrogen and oxygen atoms in total. The number of amides is 1. The molecule has 0 radical (unpaired) electrons. The Balaban J connectivity index is 0.00000256. The molecule has 1 aliphatic heterocycles. The van der Waals surface area contributed by atoms with Crippen LogP contribution in [0.5, 0.6) is 0 Å². The summed E-state index contributed by atoms with van der Waals surface area (Å²) in [5.41, 5.74) is 0. The van der Waals surface area contributed by atoms with Crippen molar-refractivity contribution in [1.82, 2.24) is 10.6 Å². The molecule has 2 N–H and O–H groups in total. The highest BCUT2D eigenvalue weighted by Crippen LogP contribution is 2.08. The molecule has 1 amide bonds. The lowest BCUT2D eigenvalue weighted by molar-refractivity contribution is -0.121. The van der Waals surface area contributed by atoms with Crippen LogP contribution in [0.15, 0.2) is 0 Å². The van der Waals surface area contributed by atoms with Crippen molar-refractivity contribution in [1.29, 1.82) is 0 Å². The van der Waals surface area contributed by atoms with Gasteiger partial charge in [-0.3, -0.25) is 4.79 Å². The lowest BCUT2D eigenvalue weighted by atomic mass is 10.1. The molecule has 1 heterocycles. The molecular weight excluding hydrogens is 240 g/mol. The number of carbonyl (C=O) groups is 1. The lowest BCUT2D eigenvalue weighted by Gasteiger charge is -2.10. The summed E-state index contributed by atoms with van der Waals surface area (Å²) in [6, 6.07) is 0.406. The Hall–Kier alpha value is -0.320. The smallest absolute Gasteiger partial charge is 0.221 e. The number of unbranched alkanes of at least 4 members (excludes halogenated alkanes) is 1. The van der Waals surface area contributed by atoms with Crippen LogP contribution in [0.25, 0.3) is 0 Å². The molecule has 0 spiro atoms. The van der Waals surface area contributed by atoms with Gasteiger partial charge in [-0.15, -0.1) is 12.4 Å². The van der Waals surface area contributed by atoms with Crippen molar-refractivity contribution in [3.8, 4) is 0 Å². The summed E-state index contributed by atoms with van der Waals surface area (Å²) < 4.78 is 5.23. The molecule has 1 fully saturated rings. The second-order valence-corrected chi connectivity index (χ2v) is 4.25. The van der Waals surface area contributed by atoms with Gasteiger partial charge in [-0.25, -0.2) is 0 Å². The number of nitrogens with one attached hydrogen (secondary N) is 2. The predicted octanol–water partition coefficient (Wildman–Crippen LogP) is 1.48. The number of ether oxygens (including phenoxy) is 1. The first-order valence-corrected chi connectivity index (χ1v) is 6.40. The SMILES string of the molecule is CCOCCCCNC(=O)CC1CCCN1.Cl. The van der Waals surface area contributed by atoms with E-state index in [0.29, 0.717) is 12.5 Å². The van der Waals surface area contributed by atoms with Gasteiger partial charge in [-0.1, -0.05) is 0 Å². The summed E-state index contributed by atoms with van der Waals surface area (Å²) in [4.78, 5) is 11.5. The summed E-state index contributed by atoms with van der Waals surface area (Å²) in [7, 11) is 0. The van der Waals surface area contributed by atoms with Crippen LogP contribution < -0.4 is 10.6 Å². The van der Waals surface area contributed by atoms with Gasteiger partial charge >= 0.3 is 0 Å². The van der Waals surface area contributed by atoms with Crippen molar-refractivity contribution in [2.45, 2.75) is 45.1 Å². The van der Waals surface area contributed by atoms with E-state index in [1.807, 2.05) is 6.92 Å². The third-order valence-electron chi connectivity index (χ3n) is 2.84. The van der Waals surface area contributed by atoms with Crippen LogP contribution in [-0.4, -0.2) is 38.3 Å². The number of hydrogen-bond donors (Lipinski definition) is 2. The summed E-state index contributed by atoms with van der Waals surface area (Å²) in [5, 5.41) is 6.28. The third-order valence-corrected chi connectivity index (χ3v) is 2.84. The molecule has 102 valence electrons. The van der Waals surface area contributed by atoms with Crippen LogP contribution in [0.3, 0.4) is 0 Å². The van der Waals surface area contributed by atoms with Crippen molar-refractivity contribution in [3.63, 3.8) is 0 Å². The number of halogens is 1. The molecule has 0 aromatic carbocycles. The average molecular weight is 265 g/mol. The first-order chi connectivity index (χ1) is 7.83. The van der Waals surface area contributed by atoms with Crippen molar-refractivity contribution in [2.75, 3.05) is 26.3 Å². The molecule has 1 aliphatic rings. The van der Waals surface area contributed by atoms with Gasteiger partial charge in [0, 0.05) is 32.2 Å². The molecule has 1 atom stereocenters. The number of rotatable bonds is 8. The quantitative estimate of drug-likeness (QED) is 0.653. The maximum absolute atomic E-state index is 11.5. The van der Waals surface area contributed by atoms with Gasteiger partial charge in [0.2, 0.25) is 5.91 Å². The van der Waals surface area contributed by atoms with Gasteiger partial charge in [0.25, 0.3) is 0 Å². The van der Waals surface area contributed by atoms with Crippen molar-refractivity contribution in [2.24, 2.45) is 0 Å². The van der Waals surface area contributed by atoms with Crippen LogP contribution in [0, 0.1) is 0 Å². The highest BCUT2D eigenvalue weighted by Gasteiger charge is 2.16. The van der Waals surface area contributed by atoms with E-state index in [2.05, 4.69) is 10.6 Å². The fourth-order valence-corrected chi connectivity index (χ4v) is 1.93. The molecular formula is C12H25ClN2O2. The van der Waals surface area contributed by atoms with Gasteiger partial charge in [0.05, 0.1) is 0 Å². The lowest BCUT2D eigenvalue weighted by Crippen LogP contribution is -2.32. The first kappa shape index (κ1) is 16.7. The van der Waals surface area contributed by atoms with Gasteiger partial charge in [0.1, 0.15) is 0 Å². The fourth-order valence-electron chi connectivity index (χ4n) is 1.93. The highest BCUT2D eigenvalue weighted by atomic mass is 35.5. The Morgan fingerprint density at radius 1 is 1.47 bits per heavy atom. The normalized spacial score (nSPS) is 18.8. The van der Waals surface area contributed by atoms with Gasteiger partial charge in [0.15, 0.2) is 0 Å². The fraction of sp³-hybridized carbons (Fsp3) is 0.917. The number of hydrogen-bond acceptors (Lipinski definition) is 3. The molecule has 5 heteroatoms. The van der Waals surface area contributed by atoms with Gasteiger partial charge in [-0.05, 0) is 39.2 Å². The zero-order valence-electron chi connectivity index (χ0n) is 10.7. The topological polar surface area (TPSA) is 50.4 Å². The molecule has 0 bridgehead atoms. The van der Waals surface area contributed by atoms with Crippen LogP contribution in [-0.2, 0) is 9.53 Å². The molecule has 0 saturated carbocycles. The second kappa shape index (κ2) is 10.8. The third kappa shape index (κ3) is 8.41. The van der Waals surface area contributed by atoms with E-state index < -0.39 is 0 Å². The second-order valence-electron chi connectivity index (χ2n) is 4.25. The minimum atomic E-state index is 0. The molecule has 17 heavy (non-hydrogen) atoms. The van der Waals surface area contributed by atoms with Crippen molar-refractivity contribution >= 4 is 18.3 Å². The first-order valence-electron chi connectivity index (χ1n) is 6.40. The Bertz CT molecular complexity index is 197. The standard InChI is InChI=1S/C12H24N2O2.ClH/c1-2-16-9-4-3-7-14-12(15)10-11-6-5-8-13-11;/h11,13H,2-10H2,1H3,(H,14,15);1H. The zero-order chi connectivity index (χ0) is 11.6. The minimum Gasteiger partial charge on any atom is -0.382 e. The van der Waals surface area contributed by atoms with E-state index in [4.69, 9.17) is 4.74 Å². The Labute approximate surface area is 110 Å². The Morgan fingerprint density at radius 2 is 2.29 bits per heavy atom. The maximum Gasteiger partial charge on any atom is 0.221 e. The summed E-state index contributed by atoms with van der Waals surface area (Å²) >= 11 is 0. The average Bonchev–Trinajstić information content (AvgIpc) is 2.76. The largest absolute Gasteiger partial charge is 0.382 e. The van der Waals surface area contributed by atoms with Gasteiger partial charge in [-0.2, -0.15) is 0 Å². The van der Waals surface area contributed by atoms with Crippen LogP contribution >= 0.6 is 12.4 Å². The molecule has 0 aromatic heterocycles. The maximum atomic E-state index is 11.5. The van der Waals surface area contributed by atoms with E-state index in [0.717, 1.165) is 45.6 Å². The Kier molecular flexibility index (Phi) is 10.6. The monoisotopic (exact) mass is 264 g/mol. The molecule has 1 rings (SSSR count). The van der Waals surface area contributed by atoms with Crippen LogP contribution in [0.4, 0.5) is 0 Å². The van der Waals surface area contributed by atoms with Crippen molar-refractivity contribution < 1.29 is 9.53 Å². The molecule has 1 saturated heterocycles.